The molecule has 0 unspecified atom stereocenters. The summed E-state index contributed by atoms with van der Waals surface area (Å²) in [6.45, 7) is 16.7. The Labute approximate surface area is 424 Å². The molecule has 0 atom stereocenters. The monoisotopic (exact) mass is 1000 g/mol. The van der Waals surface area contributed by atoms with E-state index in [4.69, 9.17) is 30.4 Å². The summed E-state index contributed by atoms with van der Waals surface area (Å²) in [6.07, 6.45) is 13.4. The third-order valence-electron chi connectivity index (χ3n) is 10.9. The number of carbonyl (C=O) groups is 2. The number of hydrogen-bond acceptors (Lipinski definition) is 8. The fourth-order valence-corrected chi connectivity index (χ4v) is 7.89. The number of amides is 2. The topological polar surface area (TPSA) is 210 Å². The van der Waals surface area contributed by atoms with Crippen molar-refractivity contribution in [2.75, 3.05) is 52.6 Å². The molecule has 0 fully saturated rings. The number of nitrogens with one attached hydrogen (secondary N) is 6. The molecule has 0 spiro atoms. The van der Waals surface area contributed by atoms with E-state index in [1.165, 1.54) is 46.9 Å². The lowest BCUT2D eigenvalue weighted by molar-refractivity contribution is -0.119. The average molecular weight is 1000 g/mol. The van der Waals surface area contributed by atoms with Gasteiger partial charge in [0.15, 0.2) is 0 Å². The highest BCUT2D eigenvalue weighted by Crippen LogP contribution is 2.31. The van der Waals surface area contributed by atoms with E-state index in [0.29, 0.717) is 39.4 Å². The Morgan fingerprint density at radius 2 is 0.857 bits per heavy atom. The highest BCUT2D eigenvalue weighted by atomic mass is 35.5. The van der Waals surface area contributed by atoms with Gasteiger partial charge < -0.3 is 61.0 Å². The third kappa shape index (κ3) is 16.4. The molecular formula is C54H74Cl2N8O6. The van der Waals surface area contributed by atoms with E-state index < -0.39 is 0 Å². The second-order valence-electron chi connectivity index (χ2n) is 16.1. The van der Waals surface area contributed by atoms with Crippen molar-refractivity contribution < 1.29 is 28.5 Å². The van der Waals surface area contributed by atoms with Gasteiger partial charge in [-0.15, -0.1) is 24.8 Å². The lowest BCUT2D eigenvalue weighted by atomic mass is 10.1. The zero-order valence-electron chi connectivity index (χ0n) is 41.6. The van der Waals surface area contributed by atoms with Gasteiger partial charge in [-0.25, -0.2) is 0 Å². The van der Waals surface area contributed by atoms with Gasteiger partial charge >= 0.3 is 0 Å². The lowest BCUT2D eigenvalue weighted by Gasteiger charge is -2.08. The Balaban J connectivity index is 0.000000245. The van der Waals surface area contributed by atoms with Crippen molar-refractivity contribution in [2.24, 2.45) is 11.5 Å². The number of fused-ring (bicyclic) bond motifs is 4. The smallest absolute Gasteiger partial charge is 0.216 e. The summed E-state index contributed by atoms with van der Waals surface area (Å²) in [5.41, 5.74) is 20.3. The van der Waals surface area contributed by atoms with Crippen molar-refractivity contribution in [3.63, 3.8) is 0 Å². The minimum atomic E-state index is 0. The summed E-state index contributed by atoms with van der Waals surface area (Å²) in [7, 11) is 0. The molecule has 0 bridgehead atoms. The number of carbonyl (C=O) groups excluding carboxylic acids is 2. The van der Waals surface area contributed by atoms with Gasteiger partial charge in [0.05, 0.1) is 37.5 Å². The van der Waals surface area contributed by atoms with E-state index in [0.717, 1.165) is 108 Å². The van der Waals surface area contributed by atoms with Gasteiger partial charge in [0, 0.05) is 84.3 Å². The Morgan fingerprint density at radius 1 is 0.486 bits per heavy atom. The molecule has 4 heterocycles. The van der Waals surface area contributed by atoms with Gasteiger partial charge in [-0.2, -0.15) is 0 Å². The number of aromatic amines is 4. The zero-order chi connectivity index (χ0) is 48.7. The van der Waals surface area contributed by atoms with Crippen molar-refractivity contribution in [2.45, 2.75) is 80.1 Å². The fraction of sp³-hybridized carbons (Fsp3) is 0.370. The Kier molecular flexibility index (Phi) is 25.7. The molecule has 380 valence electrons. The molecule has 2 amide bonds. The van der Waals surface area contributed by atoms with Crippen LogP contribution < -0.4 is 41.0 Å². The molecule has 8 rings (SSSR count). The van der Waals surface area contributed by atoms with Crippen LogP contribution in [0.15, 0.2) is 97.6 Å². The molecule has 0 aliphatic rings. The molecule has 0 saturated heterocycles. The molecule has 4 aromatic heterocycles. The van der Waals surface area contributed by atoms with Crippen molar-refractivity contribution in [1.82, 2.24) is 30.6 Å². The summed E-state index contributed by atoms with van der Waals surface area (Å²) in [5.74, 6) is 3.67. The second kappa shape index (κ2) is 31.0. The van der Waals surface area contributed by atoms with E-state index in [1.54, 1.807) is 0 Å². The van der Waals surface area contributed by atoms with Gasteiger partial charge in [-0.1, -0.05) is 50.2 Å². The number of aromatic nitrogens is 4. The number of hydrogen-bond donors (Lipinski definition) is 8. The SMILES string of the molecule is CCCOc1cccc2[nH]cc(CCN)c12.CCCOc1cccc2[nH]cc(CCNC(C)=O)c12.CCOc1cccc2c(CCN)c[nH]c12.CCOc1cccc2c(CCNC(C)=O)c[nH]c12.Cl.Cl. The quantitative estimate of drug-likeness (QED) is 0.0367. The van der Waals surface area contributed by atoms with Crippen LogP contribution in [0.4, 0.5) is 0 Å². The maximum Gasteiger partial charge on any atom is 0.216 e. The molecule has 4 aromatic carbocycles. The van der Waals surface area contributed by atoms with Crippen molar-refractivity contribution in [3.05, 3.63) is 120 Å². The molecule has 70 heavy (non-hydrogen) atoms. The van der Waals surface area contributed by atoms with E-state index in [2.05, 4.69) is 62.6 Å². The van der Waals surface area contributed by atoms with E-state index in [9.17, 15) is 9.59 Å². The summed E-state index contributed by atoms with van der Waals surface area (Å²) < 4.78 is 22.7. The number of ether oxygens (including phenoxy) is 4. The van der Waals surface area contributed by atoms with Crippen molar-refractivity contribution >= 4 is 80.2 Å². The number of para-hydroxylation sites is 2. The minimum Gasteiger partial charge on any atom is -0.493 e. The predicted molar refractivity (Wildman–Crippen MR) is 292 cm³/mol. The van der Waals surface area contributed by atoms with E-state index >= 15 is 0 Å². The number of nitrogens with two attached hydrogens (primary N) is 2. The van der Waals surface area contributed by atoms with Crippen LogP contribution in [-0.2, 0) is 35.3 Å². The molecule has 0 radical (unpaired) electrons. The standard InChI is InChI=1S/C15H20N2O2.C14H18N2O2.C13H18N2O.C12H16N2O.2ClH/c1-3-9-19-14-6-4-5-13-15(14)12(10-17-13)7-8-16-11(2)18;1-3-18-13-6-4-5-12-11(9-16-14(12)13)7-8-15-10(2)17;1-2-8-16-12-5-3-4-11-13(12)10(6-7-14)9-15-11;1-2-15-11-5-3-4-10-9(6-7-13)8-14-12(10)11;;/h4-6,10,17H,3,7-9H2,1-2H3,(H,16,18);4-6,9,16H,3,7-8H2,1-2H3,(H,15,17);3-5,9,15H,2,6-8,14H2,1H3;3-5,8,14H,2,6-7,13H2,1H3;2*1H. The number of H-pyrrole nitrogens is 4. The first kappa shape index (κ1) is 58.0. The summed E-state index contributed by atoms with van der Waals surface area (Å²) in [5, 5.41) is 10.3. The predicted octanol–water partition coefficient (Wildman–Crippen LogP) is 10.2. The van der Waals surface area contributed by atoms with Crippen LogP contribution in [0, 0.1) is 0 Å². The molecule has 16 heteroatoms. The van der Waals surface area contributed by atoms with E-state index in [1.807, 2.05) is 93.2 Å². The van der Waals surface area contributed by atoms with E-state index in [-0.39, 0.29) is 36.6 Å². The maximum absolute atomic E-state index is 10.9. The van der Waals surface area contributed by atoms with Crippen LogP contribution in [0.2, 0.25) is 0 Å². The number of halogens is 2. The number of rotatable bonds is 20. The largest absolute Gasteiger partial charge is 0.493 e. The molecule has 0 aliphatic carbocycles. The van der Waals surface area contributed by atoms with Crippen LogP contribution in [0.1, 0.15) is 76.6 Å². The first-order valence-electron chi connectivity index (χ1n) is 23.9. The molecule has 8 aromatic rings. The van der Waals surface area contributed by atoms with Crippen LogP contribution in [0.5, 0.6) is 23.0 Å². The molecule has 14 nitrogen and oxygen atoms in total. The van der Waals surface area contributed by atoms with Crippen molar-refractivity contribution in [3.8, 4) is 23.0 Å². The summed E-state index contributed by atoms with van der Waals surface area (Å²) in [4.78, 5) is 34.7. The van der Waals surface area contributed by atoms with Crippen LogP contribution in [0.25, 0.3) is 43.6 Å². The molecular weight excluding hydrogens is 928 g/mol. The van der Waals surface area contributed by atoms with Gasteiger partial charge in [-0.3, -0.25) is 9.59 Å². The average Bonchev–Trinajstić information content (AvgIpc) is 4.16. The molecule has 0 aliphatic heterocycles. The second-order valence-corrected chi connectivity index (χ2v) is 16.1. The lowest BCUT2D eigenvalue weighted by Crippen LogP contribution is -2.22. The highest BCUT2D eigenvalue weighted by molar-refractivity contribution is 5.91. The van der Waals surface area contributed by atoms with Gasteiger partial charge in [0.25, 0.3) is 0 Å². The molecule has 0 saturated carbocycles. The first-order valence-corrected chi connectivity index (χ1v) is 23.9. The van der Waals surface area contributed by atoms with Gasteiger partial charge in [0.1, 0.15) is 23.0 Å². The van der Waals surface area contributed by atoms with Crippen LogP contribution >= 0.6 is 24.8 Å². The Hall–Kier alpha value is -6.32. The fourth-order valence-electron chi connectivity index (χ4n) is 7.89. The first-order chi connectivity index (χ1) is 33.2. The van der Waals surface area contributed by atoms with Crippen LogP contribution in [-0.4, -0.2) is 84.4 Å². The zero-order valence-corrected chi connectivity index (χ0v) is 43.2. The van der Waals surface area contributed by atoms with Gasteiger partial charge in [-0.05, 0) is 124 Å². The minimum absolute atomic E-state index is 0. The van der Waals surface area contributed by atoms with Gasteiger partial charge in [0.2, 0.25) is 11.8 Å². The molecule has 10 N–H and O–H groups in total. The highest BCUT2D eigenvalue weighted by Gasteiger charge is 2.12. The number of benzene rings is 4. The normalized spacial score (nSPS) is 10.4. The van der Waals surface area contributed by atoms with Crippen LogP contribution in [0.3, 0.4) is 0 Å². The Morgan fingerprint density at radius 3 is 1.27 bits per heavy atom. The maximum atomic E-state index is 10.9. The summed E-state index contributed by atoms with van der Waals surface area (Å²) >= 11 is 0. The summed E-state index contributed by atoms with van der Waals surface area (Å²) in [6, 6.07) is 24.2. The van der Waals surface area contributed by atoms with Crippen molar-refractivity contribution in [1.29, 1.82) is 0 Å². The third-order valence-corrected chi connectivity index (χ3v) is 10.9. The Bertz CT molecular complexity index is 2780.